The number of halogens is 1. The second kappa shape index (κ2) is 27.9. The van der Waals surface area contributed by atoms with Gasteiger partial charge in [0.05, 0.1) is 23.6 Å². The highest BCUT2D eigenvalue weighted by atomic mass is 35.5. The molecule has 3 atom stereocenters. The number of anilines is 1. The second-order valence-corrected chi connectivity index (χ2v) is 27.6. The lowest BCUT2D eigenvalue weighted by Gasteiger charge is -2.42. The summed E-state index contributed by atoms with van der Waals surface area (Å²) in [5.74, 6) is 0.216. The van der Waals surface area contributed by atoms with E-state index in [1.54, 1.807) is 25.7 Å². The molecule has 4 aliphatic heterocycles. The maximum Gasteiger partial charge on any atom is 0.411 e. The fourth-order valence-corrected chi connectivity index (χ4v) is 13.6. The molecule has 4 aromatic rings. The maximum atomic E-state index is 14.8. The molecule has 20 nitrogen and oxygen atoms in total. The van der Waals surface area contributed by atoms with Crippen molar-refractivity contribution >= 4 is 64.3 Å². The normalized spacial score (nSPS) is 21.0. The van der Waals surface area contributed by atoms with E-state index >= 15 is 0 Å². The third kappa shape index (κ3) is 16.8. The van der Waals surface area contributed by atoms with Gasteiger partial charge in [0.1, 0.15) is 47.1 Å². The van der Waals surface area contributed by atoms with Crippen molar-refractivity contribution in [1.29, 1.82) is 0 Å². The van der Waals surface area contributed by atoms with Crippen LogP contribution in [0.5, 0.6) is 0 Å². The molecule has 6 amide bonds. The van der Waals surface area contributed by atoms with Crippen molar-refractivity contribution in [2.45, 2.75) is 197 Å². The van der Waals surface area contributed by atoms with Crippen molar-refractivity contribution in [1.82, 2.24) is 50.5 Å². The topological polar surface area (TPSA) is 224 Å². The molecular weight excluding hydrogens is 1130 g/mol. The average molecular weight is 1220 g/mol. The Labute approximate surface area is 517 Å². The van der Waals surface area contributed by atoms with Crippen molar-refractivity contribution in [3.8, 4) is 0 Å². The fraction of sp³-hybridized carbons (Fsp3) is 0.636. The molecule has 472 valence electrons. The lowest BCUT2D eigenvalue weighted by atomic mass is 9.83. The zero-order valence-electron chi connectivity index (χ0n) is 52.0. The predicted molar refractivity (Wildman–Crippen MR) is 333 cm³/mol. The van der Waals surface area contributed by atoms with Crippen LogP contribution in [0.25, 0.3) is 11.0 Å². The molecule has 2 aromatic carbocycles. The largest absolute Gasteiger partial charge is 0.444 e. The Morgan fingerprint density at radius 2 is 1.44 bits per heavy atom. The number of nitrogens with zero attached hydrogens (tertiary/aromatic N) is 7. The van der Waals surface area contributed by atoms with Gasteiger partial charge in [-0.2, -0.15) is 0 Å². The number of aromatic amines is 1. The minimum atomic E-state index is -1.24. The Morgan fingerprint density at radius 1 is 0.747 bits per heavy atom. The summed E-state index contributed by atoms with van der Waals surface area (Å²) in [5.41, 5.74) is 0.480. The number of alkyl carbamates (subject to hydrolysis) is 1. The van der Waals surface area contributed by atoms with Crippen LogP contribution in [0.3, 0.4) is 0 Å². The molecule has 0 radical (unpaired) electrons. The summed E-state index contributed by atoms with van der Waals surface area (Å²) in [6.07, 6.45) is 15.2. The molecule has 1 unspecified atom stereocenters. The van der Waals surface area contributed by atoms with Crippen molar-refractivity contribution < 1.29 is 43.0 Å². The summed E-state index contributed by atoms with van der Waals surface area (Å²) in [6, 6.07) is 16.2. The van der Waals surface area contributed by atoms with Gasteiger partial charge in [0.2, 0.25) is 17.7 Å². The number of ether oxygens (including phenoxy) is 3. The highest BCUT2D eigenvalue weighted by molar-refractivity contribution is 6.30. The summed E-state index contributed by atoms with van der Waals surface area (Å²) < 4.78 is 18.2. The van der Waals surface area contributed by atoms with Crippen LogP contribution in [0.15, 0.2) is 67.1 Å². The van der Waals surface area contributed by atoms with E-state index < -0.39 is 35.0 Å². The van der Waals surface area contributed by atoms with Crippen LogP contribution >= 0.6 is 11.6 Å². The van der Waals surface area contributed by atoms with Crippen LogP contribution in [-0.4, -0.2) is 177 Å². The summed E-state index contributed by atoms with van der Waals surface area (Å²) in [7, 11) is 0. The molecule has 21 heteroatoms. The number of aromatic nitrogens is 3. The summed E-state index contributed by atoms with van der Waals surface area (Å²) in [6.45, 7) is 16.5. The maximum absolute atomic E-state index is 14.8. The highest BCUT2D eigenvalue weighted by Crippen LogP contribution is 2.35. The van der Waals surface area contributed by atoms with E-state index in [1.165, 1.54) is 6.33 Å². The van der Waals surface area contributed by atoms with E-state index in [-0.39, 0.29) is 66.3 Å². The molecule has 10 rings (SSSR count). The number of H-pyrrole nitrogens is 1. The summed E-state index contributed by atoms with van der Waals surface area (Å²) >= 11 is 6.38. The number of fused-ring (bicyclic) bond motifs is 1. The van der Waals surface area contributed by atoms with Gasteiger partial charge in [-0.25, -0.2) is 19.6 Å². The second-order valence-electron chi connectivity index (χ2n) is 27.2. The lowest BCUT2D eigenvalue weighted by molar-refractivity contribution is -0.139. The van der Waals surface area contributed by atoms with E-state index in [4.69, 9.17) is 25.8 Å². The van der Waals surface area contributed by atoms with Crippen LogP contribution in [0.1, 0.15) is 178 Å². The third-order valence-electron chi connectivity index (χ3n) is 18.4. The average Bonchev–Trinajstić information content (AvgIpc) is 2.56. The number of rotatable bonds is 18. The number of likely N-dealkylation sites (tertiary alicyclic amines) is 3. The van der Waals surface area contributed by atoms with E-state index in [1.807, 2.05) is 91.4 Å². The minimum Gasteiger partial charge on any atom is -0.444 e. The predicted octanol–water partition coefficient (Wildman–Crippen LogP) is 9.68. The Kier molecular flexibility index (Phi) is 20.4. The van der Waals surface area contributed by atoms with Gasteiger partial charge in [-0.1, -0.05) is 55.1 Å². The molecule has 0 bridgehead atoms. The van der Waals surface area contributed by atoms with Crippen molar-refractivity contribution in [2.24, 2.45) is 5.92 Å². The first-order valence-corrected chi connectivity index (χ1v) is 32.5. The number of piperidine rings is 4. The molecule has 6 heterocycles. The minimum absolute atomic E-state index is 0.00901. The van der Waals surface area contributed by atoms with Crippen LogP contribution in [-0.2, 0) is 28.6 Å². The smallest absolute Gasteiger partial charge is 0.411 e. The molecule has 6 aliphatic rings. The Balaban J connectivity index is 0.707. The van der Waals surface area contributed by atoms with E-state index in [2.05, 4.69) is 40.7 Å². The molecule has 4 N–H and O–H groups in total. The monoisotopic (exact) mass is 1220 g/mol. The number of benzene rings is 2. The number of amides is 6. The third-order valence-corrected chi connectivity index (χ3v) is 18.7. The molecule has 2 saturated carbocycles. The van der Waals surface area contributed by atoms with Gasteiger partial charge in [0.15, 0.2) is 0 Å². The molecular formula is C66H92ClN11O9. The molecule has 2 aliphatic carbocycles. The van der Waals surface area contributed by atoms with Gasteiger partial charge in [-0.05, 0) is 172 Å². The Morgan fingerprint density at radius 3 is 2.11 bits per heavy atom. The zero-order chi connectivity index (χ0) is 61.5. The Hall–Kier alpha value is -6.51. The molecule has 0 spiro atoms. The zero-order valence-corrected chi connectivity index (χ0v) is 52.7. The number of carbonyl (C=O) groups is 6. The van der Waals surface area contributed by atoms with Gasteiger partial charge in [-0.15, -0.1) is 0 Å². The van der Waals surface area contributed by atoms with Crippen LogP contribution in [0.2, 0.25) is 5.02 Å². The molecule has 6 fully saturated rings. The van der Waals surface area contributed by atoms with Crippen LogP contribution in [0.4, 0.5) is 15.4 Å². The highest BCUT2D eigenvalue weighted by Gasteiger charge is 2.46. The number of hydrogen-bond donors (Lipinski definition) is 4. The van der Waals surface area contributed by atoms with E-state index in [9.17, 15) is 28.8 Å². The van der Waals surface area contributed by atoms with E-state index in [0.717, 1.165) is 131 Å². The quantitative estimate of drug-likeness (QED) is 0.0729. The number of hydrogen-bond acceptors (Lipinski definition) is 13. The summed E-state index contributed by atoms with van der Waals surface area (Å²) in [5, 5.41) is 11.1. The van der Waals surface area contributed by atoms with Gasteiger partial charge in [0.25, 0.3) is 5.91 Å². The van der Waals surface area contributed by atoms with Gasteiger partial charge in [0, 0.05) is 87.6 Å². The Bertz CT molecular complexity index is 3020. The van der Waals surface area contributed by atoms with E-state index in [0.29, 0.717) is 69.1 Å². The van der Waals surface area contributed by atoms with Crippen molar-refractivity contribution in [3.63, 3.8) is 0 Å². The van der Waals surface area contributed by atoms with Gasteiger partial charge >= 0.3 is 12.2 Å². The van der Waals surface area contributed by atoms with Crippen LogP contribution < -0.4 is 20.9 Å². The molecule has 2 aromatic heterocycles. The molecule has 87 heavy (non-hydrogen) atoms. The van der Waals surface area contributed by atoms with Gasteiger partial charge < -0.3 is 54.7 Å². The fourth-order valence-electron chi connectivity index (χ4n) is 13.5. The first-order chi connectivity index (χ1) is 41.7. The molecule has 4 saturated heterocycles. The van der Waals surface area contributed by atoms with Crippen molar-refractivity contribution in [3.05, 3.63) is 88.8 Å². The van der Waals surface area contributed by atoms with Crippen LogP contribution in [0, 0.1) is 5.92 Å². The number of carbonyl (C=O) groups excluding carboxylic acids is 6. The summed E-state index contributed by atoms with van der Waals surface area (Å²) in [4.78, 5) is 106. The first-order valence-electron chi connectivity index (χ1n) is 32.1. The van der Waals surface area contributed by atoms with Gasteiger partial charge in [-0.3, -0.25) is 24.1 Å². The SMILES string of the molecule is CC(C)(C)OC(=O)NC1(C(=O)N[C@@H](CCN2CCC(OC3CCN(C(=O)[C@H](NC(=O)c4cccc(C5CCCN(C(=O)CN(C(=O)OC(C)(C)C)C6CC6)C5)c4)C4CCCCC4)CC3)CC2)c2ccc(Cl)cc2)CCN(c2ncnc3[nH]ccc23)CC1. The number of nitrogens with one attached hydrogen (secondary N) is 4. The lowest BCUT2D eigenvalue weighted by Crippen LogP contribution is -2.64. The van der Waals surface area contributed by atoms with Crippen molar-refractivity contribution in [2.75, 3.05) is 70.3 Å². The standard InChI is InChI=1S/C66H92ClN11O9/c1-64(2,3)86-62(83)73-66(29-38-75(39-30-66)58-53-23-31-68-57(53)69-43-70-58)61(82)71-54(44-17-19-49(67)20-18-44)28-35-74-33-24-51(25-34-74)85-52-26-36-76(37-27-52)60(81)56(45-12-8-7-9-13-45)72-59(80)47-15-10-14-46(40-47)48-16-11-32-77(41-48)55(79)42-78(50-21-22-50)63(84)87-65(4,5)6/h10,14-15,17-20,23,31,40,43,45,48,50-52,54,56H,7-9,11-13,16,21-22,24-30,32-39,41-42H2,1-6H3,(H,71,82)(H,72,80)(H,73,83)(H,68,69,70)/t48?,54-,56+/m0/s1. The first kappa shape index (κ1) is 63.5.